The summed E-state index contributed by atoms with van der Waals surface area (Å²) in [6.45, 7) is 9.23. The second kappa shape index (κ2) is 5.51. The summed E-state index contributed by atoms with van der Waals surface area (Å²) in [6.07, 6.45) is 0.809. The third kappa shape index (κ3) is 6.58. The van der Waals surface area contributed by atoms with Crippen LogP contribution in [0.1, 0.15) is 34.1 Å². The van der Waals surface area contributed by atoms with Crippen molar-refractivity contribution in [3.63, 3.8) is 0 Å². The number of hydrogen-bond acceptors (Lipinski definition) is 3. The van der Waals surface area contributed by atoms with E-state index in [1.54, 1.807) is 0 Å². The Morgan fingerprint density at radius 3 is 2.33 bits per heavy atom. The third-order valence-electron chi connectivity index (χ3n) is 1.81. The molecular weight excluding hydrogens is 154 g/mol. The van der Waals surface area contributed by atoms with Crippen LogP contribution in [0.15, 0.2) is 0 Å². The van der Waals surface area contributed by atoms with Crippen LogP contribution < -0.4 is 5.73 Å². The molecule has 3 heteroatoms. The first-order valence-electron chi connectivity index (χ1n) is 4.49. The molecule has 0 fully saturated rings. The van der Waals surface area contributed by atoms with E-state index in [0.29, 0.717) is 13.2 Å². The molecule has 0 rings (SSSR count). The van der Waals surface area contributed by atoms with Crippen molar-refractivity contribution in [2.45, 2.75) is 45.9 Å². The number of hydrogen-bond donors (Lipinski definition) is 1. The number of rotatable bonds is 6. The standard InChI is InChI=1S/C9H21NO2/c1-5-9(3,4)12-7-6-11-8(2)10/h8H,5-7,10H2,1-4H3. The van der Waals surface area contributed by atoms with Crippen LogP contribution in [0.3, 0.4) is 0 Å². The largest absolute Gasteiger partial charge is 0.373 e. The second-order valence-electron chi connectivity index (χ2n) is 3.54. The maximum atomic E-state index is 5.55. The fourth-order valence-corrected chi connectivity index (χ4v) is 0.654. The van der Waals surface area contributed by atoms with Gasteiger partial charge in [0, 0.05) is 0 Å². The maximum Gasteiger partial charge on any atom is 0.102 e. The smallest absolute Gasteiger partial charge is 0.102 e. The van der Waals surface area contributed by atoms with Crippen LogP contribution in [-0.4, -0.2) is 25.0 Å². The van der Waals surface area contributed by atoms with Crippen molar-refractivity contribution in [1.82, 2.24) is 0 Å². The fraction of sp³-hybridized carbons (Fsp3) is 1.00. The molecule has 0 aliphatic heterocycles. The highest BCUT2D eigenvalue weighted by molar-refractivity contribution is 4.64. The fourth-order valence-electron chi connectivity index (χ4n) is 0.654. The van der Waals surface area contributed by atoms with E-state index < -0.39 is 0 Å². The van der Waals surface area contributed by atoms with Crippen molar-refractivity contribution in [2.75, 3.05) is 13.2 Å². The van der Waals surface area contributed by atoms with Gasteiger partial charge in [-0.1, -0.05) is 6.92 Å². The molecule has 0 aromatic heterocycles. The molecule has 0 aromatic rings. The zero-order valence-electron chi connectivity index (χ0n) is 8.59. The minimum Gasteiger partial charge on any atom is -0.373 e. The van der Waals surface area contributed by atoms with Gasteiger partial charge in [0.2, 0.25) is 0 Å². The van der Waals surface area contributed by atoms with Crippen LogP contribution in [0.4, 0.5) is 0 Å². The highest BCUT2D eigenvalue weighted by Crippen LogP contribution is 2.12. The van der Waals surface area contributed by atoms with E-state index in [4.69, 9.17) is 15.2 Å². The minimum atomic E-state index is -0.196. The molecule has 0 heterocycles. The Labute approximate surface area is 75.2 Å². The summed E-state index contributed by atoms with van der Waals surface area (Å²) in [5, 5.41) is 0. The van der Waals surface area contributed by atoms with Crippen LogP contribution >= 0.6 is 0 Å². The monoisotopic (exact) mass is 175 g/mol. The lowest BCUT2D eigenvalue weighted by atomic mass is 10.1. The van der Waals surface area contributed by atoms with Crippen LogP contribution in [0.25, 0.3) is 0 Å². The van der Waals surface area contributed by atoms with Crippen molar-refractivity contribution in [3.05, 3.63) is 0 Å². The highest BCUT2D eigenvalue weighted by Gasteiger charge is 2.14. The molecule has 2 N–H and O–H groups in total. The van der Waals surface area contributed by atoms with Crippen molar-refractivity contribution < 1.29 is 9.47 Å². The first-order valence-corrected chi connectivity index (χ1v) is 4.49. The van der Waals surface area contributed by atoms with E-state index in [-0.39, 0.29) is 11.8 Å². The zero-order valence-corrected chi connectivity index (χ0v) is 8.59. The quantitative estimate of drug-likeness (QED) is 0.491. The summed E-state index contributed by atoms with van der Waals surface area (Å²) in [5.74, 6) is 0. The lowest BCUT2D eigenvalue weighted by Gasteiger charge is -2.23. The Morgan fingerprint density at radius 2 is 1.92 bits per heavy atom. The molecule has 3 nitrogen and oxygen atoms in total. The van der Waals surface area contributed by atoms with Gasteiger partial charge in [0.15, 0.2) is 0 Å². The van der Waals surface area contributed by atoms with Crippen molar-refractivity contribution >= 4 is 0 Å². The van der Waals surface area contributed by atoms with Gasteiger partial charge in [-0.3, -0.25) is 0 Å². The first kappa shape index (κ1) is 11.9. The van der Waals surface area contributed by atoms with E-state index in [2.05, 4.69) is 20.8 Å². The molecule has 0 saturated heterocycles. The normalized spacial score (nSPS) is 14.8. The van der Waals surface area contributed by atoms with Gasteiger partial charge in [0.1, 0.15) is 6.23 Å². The SMILES string of the molecule is CCC(C)(C)OCCOC(C)N. The van der Waals surface area contributed by atoms with E-state index in [1.807, 2.05) is 6.92 Å². The van der Waals surface area contributed by atoms with Crippen LogP contribution in [0, 0.1) is 0 Å². The molecule has 1 unspecified atom stereocenters. The van der Waals surface area contributed by atoms with Gasteiger partial charge in [0.25, 0.3) is 0 Å². The van der Waals surface area contributed by atoms with Crippen LogP contribution in [-0.2, 0) is 9.47 Å². The molecule has 0 amide bonds. The highest BCUT2D eigenvalue weighted by atomic mass is 16.5. The lowest BCUT2D eigenvalue weighted by Crippen LogP contribution is -2.27. The molecule has 0 aliphatic carbocycles. The molecule has 0 saturated carbocycles. The Morgan fingerprint density at radius 1 is 1.33 bits per heavy atom. The van der Waals surface area contributed by atoms with Gasteiger partial charge in [-0.15, -0.1) is 0 Å². The minimum absolute atomic E-state index is 0.0405. The van der Waals surface area contributed by atoms with Gasteiger partial charge < -0.3 is 15.2 Å². The van der Waals surface area contributed by atoms with E-state index in [9.17, 15) is 0 Å². The first-order chi connectivity index (χ1) is 5.48. The predicted molar refractivity (Wildman–Crippen MR) is 49.9 cm³/mol. The summed E-state index contributed by atoms with van der Waals surface area (Å²) >= 11 is 0. The van der Waals surface area contributed by atoms with E-state index >= 15 is 0 Å². The Balaban J connectivity index is 3.31. The van der Waals surface area contributed by atoms with E-state index in [0.717, 1.165) is 6.42 Å². The average molecular weight is 175 g/mol. The van der Waals surface area contributed by atoms with E-state index in [1.165, 1.54) is 0 Å². The predicted octanol–water partition coefficient (Wildman–Crippen LogP) is 1.51. The third-order valence-corrected chi connectivity index (χ3v) is 1.81. The summed E-state index contributed by atoms with van der Waals surface area (Å²) in [4.78, 5) is 0. The van der Waals surface area contributed by atoms with Gasteiger partial charge in [-0.2, -0.15) is 0 Å². The van der Waals surface area contributed by atoms with Crippen molar-refractivity contribution in [2.24, 2.45) is 5.73 Å². The average Bonchev–Trinajstić information content (AvgIpc) is 1.98. The number of ether oxygens (including phenoxy) is 2. The lowest BCUT2D eigenvalue weighted by molar-refractivity contribution is -0.0582. The van der Waals surface area contributed by atoms with Gasteiger partial charge >= 0.3 is 0 Å². The number of nitrogens with two attached hydrogens (primary N) is 1. The summed E-state index contributed by atoms with van der Waals surface area (Å²) in [5.41, 5.74) is 5.36. The Hall–Kier alpha value is -0.120. The van der Waals surface area contributed by atoms with Gasteiger partial charge in [0.05, 0.1) is 18.8 Å². The molecule has 0 aromatic carbocycles. The van der Waals surface area contributed by atoms with Gasteiger partial charge in [-0.25, -0.2) is 0 Å². The zero-order chi connectivity index (χ0) is 9.61. The molecular formula is C9H21NO2. The Kier molecular flexibility index (Phi) is 5.46. The van der Waals surface area contributed by atoms with Gasteiger partial charge in [-0.05, 0) is 27.2 Å². The van der Waals surface area contributed by atoms with Crippen LogP contribution in [0.2, 0.25) is 0 Å². The van der Waals surface area contributed by atoms with Crippen molar-refractivity contribution in [1.29, 1.82) is 0 Å². The second-order valence-corrected chi connectivity index (χ2v) is 3.54. The van der Waals surface area contributed by atoms with Crippen LogP contribution in [0.5, 0.6) is 0 Å². The molecule has 74 valence electrons. The molecule has 1 atom stereocenters. The Bertz CT molecular complexity index is 113. The maximum absolute atomic E-state index is 5.55. The molecule has 0 spiro atoms. The van der Waals surface area contributed by atoms with Crippen molar-refractivity contribution in [3.8, 4) is 0 Å². The summed E-state index contributed by atoms with van der Waals surface area (Å²) in [6, 6.07) is 0. The molecule has 0 aliphatic rings. The summed E-state index contributed by atoms with van der Waals surface area (Å²) < 4.78 is 10.7. The summed E-state index contributed by atoms with van der Waals surface area (Å²) in [7, 11) is 0. The molecule has 0 radical (unpaired) electrons. The topological polar surface area (TPSA) is 44.5 Å². The molecule has 12 heavy (non-hydrogen) atoms. The molecule has 0 bridgehead atoms.